The van der Waals surface area contributed by atoms with Gasteiger partial charge in [0.05, 0.1) is 12.9 Å². The molecule has 0 spiro atoms. The molecule has 26 heavy (non-hydrogen) atoms. The van der Waals surface area contributed by atoms with Crippen LogP contribution in [0.25, 0.3) is 11.4 Å². The van der Waals surface area contributed by atoms with Crippen molar-refractivity contribution in [1.29, 1.82) is 0 Å². The van der Waals surface area contributed by atoms with Crippen LogP contribution in [0.3, 0.4) is 0 Å². The molecule has 0 bridgehead atoms. The van der Waals surface area contributed by atoms with E-state index in [2.05, 4.69) is 4.90 Å². The molecule has 3 rings (SSSR count). The Labute approximate surface area is 163 Å². The van der Waals surface area contributed by atoms with Gasteiger partial charge in [0.2, 0.25) is 10.0 Å². The summed E-state index contributed by atoms with van der Waals surface area (Å²) in [6.45, 7) is 5.60. The highest BCUT2D eigenvalue weighted by molar-refractivity contribution is 7.88. The number of rotatable bonds is 5. The molecule has 142 valence electrons. The molecular formula is C16H22ClN5O2S2. The number of benzene rings is 1. The molecule has 1 fully saturated rings. The molecule has 0 aliphatic carbocycles. The summed E-state index contributed by atoms with van der Waals surface area (Å²) in [7, 11) is -3.13. The lowest BCUT2D eigenvalue weighted by Gasteiger charge is -2.32. The van der Waals surface area contributed by atoms with Gasteiger partial charge >= 0.3 is 0 Å². The second-order valence-electron chi connectivity index (χ2n) is 6.28. The van der Waals surface area contributed by atoms with Crippen LogP contribution in [0, 0.1) is 4.77 Å². The summed E-state index contributed by atoms with van der Waals surface area (Å²) in [5, 5.41) is 5.38. The Morgan fingerprint density at radius 3 is 2.31 bits per heavy atom. The highest BCUT2D eigenvalue weighted by Crippen LogP contribution is 2.21. The third kappa shape index (κ3) is 4.17. The molecule has 1 aliphatic rings. The molecule has 0 saturated carbocycles. The monoisotopic (exact) mass is 415 g/mol. The highest BCUT2D eigenvalue weighted by atomic mass is 35.5. The van der Waals surface area contributed by atoms with Crippen LogP contribution in [-0.4, -0.2) is 64.4 Å². The van der Waals surface area contributed by atoms with E-state index in [-0.39, 0.29) is 0 Å². The standard InChI is InChI=1S/C16H22ClN5O2S2/c1-3-21-15(13-4-6-14(17)7-5-13)18-22(16(21)25)12-19-8-10-20(11-9-19)26(2,23)24/h4-7H,3,8-12H2,1-2H3. The van der Waals surface area contributed by atoms with Crippen LogP contribution in [0.4, 0.5) is 0 Å². The molecule has 7 nitrogen and oxygen atoms in total. The maximum absolute atomic E-state index is 11.6. The first-order chi connectivity index (χ1) is 12.3. The molecule has 1 aromatic carbocycles. The van der Waals surface area contributed by atoms with Crippen molar-refractivity contribution in [2.24, 2.45) is 0 Å². The van der Waals surface area contributed by atoms with Gasteiger partial charge in [-0.25, -0.2) is 13.1 Å². The molecule has 0 radical (unpaired) electrons. The molecule has 10 heteroatoms. The second-order valence-corrected chi connectivity index (χ2v) is 9.06. The van der Waals surface area contributed by atoms with Crippen LogP contribution in [0.15, 0.2) is 24.3 Å². The Kier molecular flexibility index (Phi) is 5.83. The van der Waals surface area contributed by atoms with Crippen molar-refractivity contribution < 1.29 is 8.42 Å². The molecule has 0 amide bonds. The maximum Gasteiger partial charge on any atom is 0.211 e. The maximum atomic E-state index is 11.6. The van der Waals surface area contributed by atoms with Crippen LogP contribution in [-0.2, 0) is 23.2 Å². The van der Waals surface area contributed by atoms with Gasteiger partial charge in [-0.3, -0.25) is 4.90 Å². The lowest BCUT2D eigenvalue weighted by Crippen LogP contribution is -2.48. The molecule has 0 unspecified atom stereocenters. The average molecular weight is 416 g/mol. The topological polar surface area (TPSA) is 63.4 Å². The number of hydrogen-bond acceptors (Lipinski definition) is 5. The smallest absolute Gasteiger partial charge is 0.211 e. The van der Waals surface area contributed by atoms with Crippen LogP contribution >= 0.6 is 23.8 Å². The SMILES string of the molecule is CCn1c(-c2ccc(Cl)cc2)nn(CN2CCN(S(C)(=O)=O)CC2)c1=S. The average Bonchev–Trinajstić information content (AvgIpc) is 2.91. The zero-order chi connectivity index (χ0) is 18.9. The molecule has 2 aromatic rings. The fraction of sp³-hybridized carbons (Fsp3) is 0.500. The van der Waals surface area contributed by atoms with E-state index >= 15 is 0 Å². The Morgan fingerprint density at radius 2 is 1.77 bits per heavy atom. The van der Waals surface area contributed by atoms with Crippen molar-refractivity contribution in [3.05, 3.63) is 34.1 Å². The van der Waals surface area contributed by atoms with Crippen LogP contribution in [0.2, 0.25) is 5.02 Å². The lowest BCUT2D eigenvalue weighted by atomic mass is 10.2. The predicted octanol–water partition coefficient (Wildman–Crippen LogP) is 2.29. The summed E-state index contributed by atoms with van der Waals surface area (Å²) in [5.41, 5.74) is 0.961. The number of nitrogens with zero attached hydrogens (tertiary/aromatic N) is 5. The second kappa shape index (κ2) is 7.77. The van der Waals surface area contributed by atoms with Crippen molar-refractivity contribution >= 4 is 33.8 Å². The van der Waals surface area contributed by atoms with Crippen molar-refractivity contribution in [3.8, 4) is 11.4 Å². The van der Waals surface area contributed by atoms with Crippen LogP contribution < -0.4 is 0 Å². The highest BCUT2D eigenvalue weighted by Gasteiger charge is 2.24. The van der Waals surface area contributed by atoms with E-state index in [1.54, 1.807) is 4.68 Å². The Bertz CT molecular complexity index is 929. The summed E-state index contributed by atoms with van der Waals surface area (Å²) >= 11 is 11.6. The van der Waals surface area contributed by atoms with Gasteiger partial charge in [-0.05, 0) is 43.4 Å². The van der Waals surface area contributed by atoms with Gasteiger partial charge in [-0.15, -0.1) is 0 Å². The zero-order valence-corrected chi connectivity index (χ0v) is 17.2. The Morgan fingerprint density at radius 1 is 1.15 bits per heavy atom. The summed E-state index contributed by atoms with van der Waals surface area (Å²) in [5.74, 6) is 0.809. The van der Waals surface area contributed by atoms with E-state index in [4.69, 9.17) is 28.9 Å². The predicted molar refractivity (Wildman–Crippen MR) is 105 cm³/mol. The van der Waals surface area contributed by atoms with Gasteiger partial charge in [-0.1, -0.05) is 11.6 Å². The minimum atomic E-state index is -3.13. The molecular weight excluding hydrogens is 394 g/mol. The van der Waals surface area contributed by atoms with E-state index in [0.29, 0.717) is 42.6 Å². The number of sulfonamides is 1. The van der Waals surface area contributed by atoms with Gasteiger partial charge in [0, 0.05) is 43.3 Å². The van der Waals surface area contributed by atoms with Gasteiger partial charge < -0.3 is 4.57 Å². The van der Waals surface area contributed by atoms with E-state index in [9.17, 15) is 8.42 Å². The van der Waals surface area contributed by atoms with Crippen LogP contribution in [0.5, 0.6) is 0 Å². The molecule has 1 aliphatic heterocycles. The fourth-order valence-electron chi connectivity index (χ4n) is 3.02. The van der Waals surface area contributed by atoms with Crippen LogP contribution in [0.1, 0.15) is 6.92 Å². The van der Waals surface area contributed by atoms with Crippen molar-refractivity contribution in [2.45, 2.75) is 20.1 Å². The first kappa shape index (κ1) is 19.5. The van der Waals surface area contributed by atoms with E-state index < -0.39 is 10.0 Å². The van der Waals surface area contributed by atoms with Gasteiger partial charge in [0.1, 0.15) is 0 Å². The summed E-state index contributed by atoms with van der Waals surface area (Å²) in [4.78, 5) is 2.16. The zero-order valence-electron chi connectivity index (χ0n) is 14.8. The first-order valence-corrected chi connectivity index (χ1v) is 11.0. The number of halogens is 1. The van der Waals surface area contributed by atoms with Gasteiger partial charge in [-0.2, -0.15) is 9.40 Å². The largest absolute Gasteiger partial charge is 0.300 e. The third-order valence-electron chi connectivity index (χ3n) is 4.48. The van der Waals surface area contributed by atoms with Crippen molar-refractivity contribution in [1.82, 2.24) is 23.6 Å². The quantitative estimate of drug-likeness (QED) is 0.701. The van der Waals surface area contributed by atoms with E-state index in [0.717, 1.165) is 17.9 Å². The lowest BCUT2D eigenvalue weighted by molar-refractivity contribution is 0.145. The third-order valence-corrected chi connectivity index (χ3v) is 6.46. The molecule has 0 atom stereocenters. The van der Waals surface area contributed by atoms with E-state index in [1.807, 2.05) is 35.8 Å². The van der Waals surface area contributed by atoms with Crippen molar-refractivity contribution in [2.75, 3.05) is 32.4 Å². The van der Waals surface area contributed by atoms with E-state index in [1.165, 1.54) is 10.6 Å². The Hall–Kier alpha value is -1.26. The number of hydrogen-bond donors (Lipinski definition) is 0. The normalized spacial score (nSPS) is 16.9. The first-order valence-electron chi connectivity index (χ1n) is 8.40. The van der Waals surface area contributed by atoms with Gasteiger partial charge in [0.15, 0.2) is 10.6 Å². The minimum Gasteiger partial charge on any atom is -0.300 e. The molecule has 1 saturated heterocycles. The Balaban J connectivity index is 1.79. The molecule has 1 aromatic heterocycles. The molecule has 2 heterocycles. The van der Waals surface area contributed by atoms with Crippen molar-refractivity contribution in [3.63, 3.8) is 0 Å². The summed E-state index contributed by atoms with van der Waals surface area (Å²) in [6.07, 6.45) is 1.25. The molecule has 0 N–H and O–H groups in total. The number of aromatic nitrogens is 3. The minimum absolute atomic E-state index is 0.491. The summed E-state index contributed by atoms with van der Waals surface area (Å²) < 4.78 is 29.2. The van der Waals surface area contributed by atoms with Gasteiger partial charge in [0.25, 0.3) is 0 Å². The number of piperazine rings is 1. The fourth-order valence-corrected chi connectivity index (χ4v) is 4.29. The summed E-state index contributed by atoms with van der Waals surface area (Å²) in [6, 6.07) is 7.54.